The Labute approximate surface area is 97.6 Å². The van der Waals surface area contributed by atoms with E-state index < -0.39 is 12.1 Å². The van der Waals surface area contributed by atoms with Crippen LogP contribution in [0, 0.1) is 0 Å². The molecule has 0 aromatic carbocycles. The summed E-state index contributed by atoms with van der Waals surface area (Å²) >= 11 is 0. The normalized spacial score (nSPS) is 14.8. The Morgan fingerprint density at radius 1 is 1.35 bits per heavy atom. The van der Waals surface area contributed by atoms with Crippen LogP contribution in [0.1, 0.15) is 32.6 Å². The van der Waals surface area contributed by atoms with Crippen LogP contribution in [0.4, 0.5) is 4.79 Å². The predicted molar refractivity (Wildman–Crippen MR) is 59.6 cm³/mol. The maximum atomic E-state index is 10.9. The van der Waals surface area contributed by atoms with Gasteiger partial charge in [0.15, 0.2) is 5.71 Å². The highest BCUT2D eigenvalue weighted by Gasteiger charge is 2.24. The van der Waals surface area contributed by atoms with Crippen molar-refractivity contribution in [1.82, 2.24) is 10.7 Å². The summed E-state index contributed by atoms with van der Waals surface area (Å²) in [5.41, 5.74) is 1.96. The van der Waals surface area contributed by atoms with E-state index in [-0.39, 0.29) is 11.4 Å². The number of aliphatic carboxylic acids is 1. The van der Waals surface area contributed by atoms with Crippen molar-refractivity contribution in [1.29, 1.82) is 0 Å². The van der Waals surface area contributed by atoms with Crippen LogP contribution in [-0.2, 0) is 4.79 Å². The molecule has 1 amide bonds. The van der Waals surface area contributed by atoms with Gasteiger partial charge < -0.3 is 10.2 Å². The lowest BCUT2D eigenvalue weighted by Crippen LogP contribution is -2.43. The molecule has 3 N–H and O–H groups in total. The second-order valence-electron chi connectivity index (χ2n) is 3.46. The Morgan fingerprint density at radius 3 is 2.59 bits per heavy atom. The SMILES string of the molecule is CCCCCC1=NN(C(=O)O)NN=C1C(=O)O. The molecule has 0 saturated carbocycles. The molecule has 0 atom stereocenters. The third kappa shape index (κ3) is 3.44. The largest absolute Gasteiger partial charge is 0.476 e. The van der Waals surface area contributed by atoms with E-state index in [1.807, 2.05) is 12.5 Å². The van der Waals surface area contributed by atoms with Crippen LogP contribution in [0.3, 0.4) is 0 Å². The molecule has 1 aliphatic heterocycles. The minimum absolute atomic E-state index is 0.173. The number of hydrazine groups is 1. The third-order valence-electron chi connectivity index (χ3n) is 2.15. The molecular formula is C9H14N4O4. The molecule has 0 aromatic heterocycles. The summed E-state index contributed by atoms with van der Waals surface area (Å²) < 4.78 is 0. The number of hydrazone groups is 2. The molecule has 0 fully saturated rings. The molecule has 0 aromatic rings. The number of rotatable bonds is 5. The molecule has 94 valence electrons. The van der Waals surface area contributed by atoms with Crippen LogP contribution in [0.5, 0.6) is 0 Å². The highest BCUT2D eigenvalue weighted by molar-refractivity contribution is 6.65. The van der Waals surface area contributed by atoms with Crippen molar-refractivity contribution >= 4 is 23.5 Å². The number of nitrogens with one attached hydrogen (secondary N) is 1. The van der Waals surface area contributed by atoms with Crippen molar-refractivity contribution in [3.63, 3.8) is 0 Å². The van der Waals surface area contributed by atoms with Crippen LogP contribution in [0.2, 0.25) is 0 Å². The summed E-state index contributed by atoms with van der Waals surface area (Å²) in [6, 6.07) is 0. The number of nitrogens with zero attached hydrogens (tertiary/aromatic N) is 3. The number of hydrogen-bond acceptors (Lipinski definition) is 5. The number of amides is 1. The smallest absolute Gasteiger partial charge is 0.449 e. The van der Waals surface area contributed by atoms with Crippen LogP contribution in [0.15, 0.2) is 10.2 Å². The van der Waals surface area contributed by atoms with Gasteiger partial charge in [-0.15, -0.1) is 10.2 Å². The Balaban J connectivity index is 2.78. The minimum Gasteiger partial charge on any atom is -0.476 e. The highest BCUT2D eigenvalue weighted by Crippen LogP contribution is 2.07. The zero-order chi connectivity index (χ0) is 12.8. The molecule has 1 aliphatic rings. The second kappa shape index (κ2) is 5.83. The monoisotopic (exact) mass is 242 g/mol. The topological polar surface area (TPSA) is 115 Å². The average molecular weight is 242 g/mol. The lowest BCUT2D eigenvalue weighted by molar-refractivity contribution is -0.129. The summed E-state index contributed by atoms with van der Waals surface area (Å²) in [6.07, 6.45) is 1.70. The second-order valence-corrected chi connectivity index (χ2v) is 3.46. The number of carbonyl (C=O) groups is 2. The first-order valence-electron chi connectivity index (χ1n) is 5.23. The van der Waals surface area contributed by atoms with Crippen LogP contribution < -0.4 is 5.53 Å². The van der Waals surface area contributed by atoms with Crippen LogP contribution in [-0.4, -0.2) is 38.8 Å². The lowest BCUT2D eigenvalue weighted by Gasteiger charge is -2.19. The average Bonchev–Trinajstić information content (AvgIpc) is 2.28. The number of hydrogen-bond donors (Lipinski definition) is 3. The standard InChI is InChI=1S/C9H14N4O4/c1-2-3-4-5-6-7(8(14)15)10-12-13(11-6)9(16)17/h12H,2-5H2,1H3,(H,14,15)(H,16,17). The molecule has 8 nitrogen and oxygen atoms in total. The van der Waals surface area contributed by atoms with E-state index in [2.05, 4.69) is 10.2 Å². The maximum absolute atomic E-state index is 10.9. The van der Waals surface area contributed by atoms with Crippen molar-refractivity contribution in [2.24, 2.45) is 10.2 Å². The number of carboxylic acid groups (broad SMARTS) is 2. The van der Waals surface area contributed by atoms with E-state index in [9.17, 15) is 9.59 Å². The van der Waals surface area contributed by atoms with Crippen molar-refractivity contribution in [3.8, 4) is 0 Å². The summed E-state index contributed by atoms with van der Waals surface area (Å²) in [5.74, 6) is -1.22. The molecule has 17 heavy (non-hydrogen) atoms. The van der Waals surface area contributed by atoms with Crippen molar-refractivity contribution in [2.75, 3.05) is 0 Å². The molecule has 1 heterocycles. The van der Waals surface area contributed by atoms with Gasteiger partial charge in [-0.25, -0.2) is 9.59 Å². The highest BCUT2D eigenvalue weighted by atomic mass is 16.4. The fraction of sp³-hybridized carbons (Fsp3) is 0.556. The summed E-state index contributed by atoms with van der Waals surface area (Å²) in [4.78, 5) is 21.5. The Morgan fingerprint density at radius 2 is 2.06 bits per heavy atom. The van der Waals surface area contributed by atoms with Gasteiger partial charge in [0.25, 0.3) is 0 Å². The molecule has 0 unspecified atom stereocenters. The molecule has 1 rings (SSSR count). The summed E-state index contributed by atoms with van der Waals surface area (Å²) in [5, 5.41) is 25.2. The maximum Gasteiger partial charge on any atom is 0.449 e. The van der Waals surface area contributed by atoms with Crippen molar-refractivity contribution in [2.45, 2.75) is 32.6 Å². The van der Waals surface area contributed by atoms with Gasteiger partial charge >= 0.3 is 12.1 Å². The van der Waals surface area contributed by atoms with Gasteiger partial charge in [-0.3, -0.25) is 0 Å². The van der Waals surface area contributed by atoms with Gasteiger partial charge in [0.1, 0.15) is 0 Å². The Hall–Kier alpha value is -2.12. The van der Waals surface area contributed by atoms with E-state index in [0.29, 0.717) is 11.5 Å². The van der Waals surface area contributed by atoms with E-state index in [0.717, 1.165) is 19.3 Å². The van der Waals surface area contributed by atoms with E-state index in [4.69, 9.17) is 10.2 Å². The minimum atomic E-state index is -1.34. The van der Waals surface area contributed by atoms with Crippen LogP contribution in [0.25, 0.3) is 0 Å². The van der Waals surface area contributed by atoms with Gasteiger partial charge in [0.2, 0.25) is 0 Å². The van der Waals surface area contributed by atoms with Crippen molar-refractivity contribution < 1.29 is 19.8 Å². The molecule has 0 radical (unpaired) electrons. The van der Waals surface area contributed by atoms with Gasteiger partial charge in [-0.2, -0.15) is 5.53 Å². The van der Waals surface area contributed by atoms with Crippen molar-refractivity contribution in [3.05, 3.63) is 0 Å². The summed E-state index contributed by atoms with van der Waals surface area (Å²) in [7, 11) is 0. The van der Waals surface area contributed by atoms with Gasteiger partial charge in [-0.05, 0) is 12.8 Å². The fourth-order valence-corrected chi connectivity index (χ4v) is 1.32. The lowest BCUT2D eigenvalue weighted by atomic mass is 10.1. The fourth-order valence-electron chi connectivity index (χ4n) is 1.32. The zero-order valence-corrected chi connectivity index (χ0v) is 9.38. The first kappa shape index (κ1) is 12.9. The Bertz CT molecular complexity index is 377. The zero-order valence-electron chi connectivity index (χ0n) is 9.38. The molecular weight excluding hydrogens is 228 g/mol. The molecule has 8 heteroatoms. The van der Waals surface area contributed by atoms with Gasteiger partial charge in [0, 0.05) is 0 Å². The van der Waals surface area contributed by atoms with E-state index >= 15 is 0 Å². The third-order valence-corrected chi connectivity index (χ3v) is 2.15. The molecule has 0 bridgehead atoms. The number of unbranched alkanes of at least 4 members (excludes halogenated alkanes) is 2. The Kier molecular flexibility index (Phi) is 4.44. The van der Waals surface area contributed by atoms with Crippen LogP contribution >= 0.6 is 0 Å². The predicted octanol–water partition coefficient (Wildman–Crippen LogP) is 0.862. The molecule has 0 aliphatic carbocycles. The summed E-state index contributed by atoms with van der Waals surface area (Å²) in [6.45, 7) is 2.01. The molecule has 0 saturated heterocycles. The van der Waals surface area contributed by atoms with Gasteiger partial charge in [-0.1, -0.05) is 24.9 Å². The quantitative estimate of drug-likeness (QED) is 0.618. The van der Waals surface area contributed by atoms with E-state index in [1.54, 1.807) is 0 Å². The number of carboxylic acids is 1. The molecule has 0 spiro atoms. The first-order valence-corrected chi connectivity index (χ1v) is 5.23. The first-order chi connectivity index (χ1) is 8.06. The van der Waals surface area contributed by atoms with E-state index in [1.165, 1.54) is 0 Å². The van der Waals surface area contributed by atoms with Gasteiger partial charge in [0.05, 0.1) is 5.71 Å².